The Balaban J connectivity index is 3.28. The molecule has 0 saturated carbocycles. The second-order valence-corrected chi connectivity index (χ2v) is 3.27. The van der Waals surface area contributed by atoms with Gasteiger partial charge in [-0.2, -0.15) is 13.2 Å². The minimum absolute atomic E-state index is 0.135. The average Bonchev–Trinajstić information content (AvgIpc) is 2.25. The maximum atomic E-state index is 13.4. The normalized spacial score (nSPS) is 12.7. The largest absolute Gasteiger partial charge is 0.416 e. The smallest absolute Gasteiger partial charge is 0.399 e. The fourth-order valence-electron chi connectivity index (χ4n) is 1.34. The van der Waals surface area contributed by atoms with E-state index in [2.05, 4.69) is 9.99 Å². The second-order valence-electron chi connectivity index (χ2n) is 3.27. The maximum absolute atomic E-state index is 13.4. The molecule has 0 spiro atoms. The van der Waals surface area contributed by atoms with Crippen LogP contribution in [-0.4, -0.2) is 12.8 Å². The number of nitrogens with zero attached hydrogens (tertiary/aromatic N) is 1. The van der Waals surface area contributed by atoms with Crippen LogP contribution in [0, 0.1) is 5.82 Å². The van der Waals surface area contributed by atoms with E-state index in [1.807, 2.05) is 0 Å². The molecule has 0 amide bonds. The van der Waals surface area contributed by atoms with E-state index in [9.17, 15) is 17.6 Å². The van der Waals surface area contributed by atoms with Crippen LogP contribution in [0.4, 0.5) is 17.6 Å². The predicted octanol–water partition coefficient (Wildman–Crippen LogP) is 3.61. The van der Waals surface area contributed by atoms with Crippen molar-refractivity contribution in [1.29, 1.82) is 0 Å². The number of alkyl halides is 3. The summed E-state index contributed by atoms with van der Waals surface area (Å²) >= 11 is 0. The molecule has 0 aliphatic rings. The molecular weight excluding hydrogens is 238 g/mol. The minimum Gasteiger partial charge on any atom is -0.399 e. The van der Waals surface area contributed by atoms with Crippen LogP contribution in [-0.2, 0) is 11.0 Å². The van der Waals surface area contributed by atoms with Gasteiger partial charge in [-0.25, -0.2) is 4.39 Å². The minimum atomic E-state index is -4.51. The topological polar surface area (TPSA) is 21.6 Å². The van der Waals surface area contributed by atoms with Crippen LogP contribution < -0.4 is 0 Å². The van der Waals surface area contributed by atoms with E-state index in [1.165, 1.54) is 7.11 Å². The maximum Gasteiger partial charge on any atom is 0.416 e. The first-order valence-corrected chi connectivity index (χ1v) is 4.87. The van der Waals surface area contributed by atoms with E-state index in [0.717, 1.165) is 12.1 Å². The molecule has 2 nitrogen and oxygen atoms in total. The second kappa shape index (κ2) is 5.16. The third kappa shape index (κ3) is 3.18. The van der Waals surface area contributed by atoms with Crippen molar-refractivity contribution in [2.45, 2.75) is 19.5 Å². The van der Waals surface area contributed by atoms with E-state index < -0.39 is 17.6 Å². The summed E-state index contributed by atoms with van der Waals surface area (Å²) in [6, 6.07) is 2.20. The van der Waals surface area contributed by atoms with Crippen molar-refractivity contribution in [3.8, 4) is 0 Å². The Hall–Kier alpha value is -1.59. The molecule has 0 atom stereocenters. The number of hydrogen-bond donors (Lipinski definition) is 0. The van der Waals surface area contributed by atoms with Crippen molar-refractivity contribution >= 4 is 5.71 Å². The van der Waals surface area contributed by atoms with Crippen LogP contribution in [0.1, 0.15) is 24.5 Å². The van der Waals surface area contributed by atoms with Gasteiger partial charge in [-0.05, 0) is 24.6 Å². The molecule has 0 radical (unpaired) electrons. The number of halogens is 4. The van der Waals surface area contributed by atoms with Crippen LogP contribution in [0.5, 0.6) is 0 Å². The van der Waals surface area contributed by atoms with Gasteiger partial charge < -0.3 is 4.84 Å². The van der Waals surface area contributed by atoms with Gasteiger partial charge in [0.15, 0.2) is 0 Å². The number of hydrogen-bond acceptors (Lipinski definition) is 2. The summed E-state index contributed by atoms with van der Waals surface area (Å²) < 4.78 is 50.8. The summed E-state index contributed by atoms with van der Waals surface area (Å²) in [5, 5.41) is 3.51. The zero-order chi connectivity index (χ0) is 13.1. The molecule has 0 fully saturated rings. The van der Waals surface area contributed by atoms with Gasteiger partial charge in [0.25, 0.3) is 0 Å². The van der Waals surface area contributed by atoms with Crippen molar-refractivity contribution in [2.75, 3.05) is 7.11 Å². The molecule has 0 aromatic heterocycles. The number of oxime groups is 1. The molecule has 6 heteroatoms. The third-order valence-electron chi connectivity index (χ3n) is 2.14. The highest BCUT2D eigenvalue weighted by molar-refractivity contribution is 6.00. The Morgan fingerprint density at radius 2 is 2.00 bits per heavy atom. The van der Waals surface area contributed by atoms with Crippen LogP contribution >= 0.6 is 0 Å². The molecule has 0 heterocycles. The van der Waals surface area contributed by atoms with E-state index in [-0.39, 0.29) is 17.7 Å². The first-order chi connectivity index (χ1) is 7.90. The molecule has 94 valence electrons. The molecule has 0 saturated heterocycles. The zero-order valence-electron chi connectivity index (χ0n) is 9.31. The average molecular weight is 249 g/mol. The van der Waals surface area contributed by atoms with Crippen LogP contribution in [0.3, 0.4) is 0 Å². The molecule has 0 aliphatic carbocycles. The van der Waals surface area contributed by atoms with Gasteiger partial charge in [0.05, 0.1) is 11.3 Å². The van der Waals surface area contributed by atoms with Crippen molar-refractivity contribution in [3.05, 3.63) is 35.1 Å². The van der Waals surface area contributed by atoms with Crippen molar-refractivity contribution < 1.29 is 22.4 Å². The summed E-state index contributed by atoms with van der Waals surface area (Å²) in [5.41, 5.74) is -0.966. The molecular formula is C11H11F4NO. The van der Waals surface area contributed by atoms with Gasteiger partial charge in [-0.1, -0.05) is 12.1 Å². The monoisotopic (exact) mass is 249 g/mol. The van der Waals surface area contributed by atoms with Gasteiger partial charge in [0.1, 0.15) is 12.9 Å². The first kappa shape index (κ1) is 13.5. The highest BCUT2D eigenvalue weighted by Gasteiger charge is 2.31. The van der Waals surface area contributed by atoms with Gasteiger partial charge in [0.2, 0.25) is 0 Å². The van der Waals surface area contributed by atoms with E-state index in [1.54, 1.807) is 6.92 Å². The summed E-state index contributed by atoms with van der Waals surface area (Å²) in [4.78, 5) is 4.47. The van der Waals surface area contributed by atoms with Crippen LogP contribution in [0.2, 0.25) is 0 Å². The fraction of sp³-hybridized carbons (Fsp3) is 0.364. The predicted molar refractivity (Wildman–Crippen MR) is 55.2 cm³/mol. The molecule has 1 aromatic carbocycles. The number of rotatable bonds is 3. The van der Waals surface area contributed by atoms with Crippen molar-refractivity contribution in [1.82, 2.24) is 0 Å². The highest BCUT2D eigenvalue weighted by Crippen LogP contribution is 2.30. The molecule has 0 unspecified atom stereocenters. The number of benzene rings is 1. The summed E-state index contributed by atoms with van der Waals surface area (Å²) in [5.74, 6) is -0.754. The van der Waals surface area contributed by atoms with Crippen LogP contribution in [0.15, 0.2) is 23.4 Å². The van der Waals surface area contributed by atoms with Crippen molar-refractivity contribution in [2.24, 2.45) is 5.16 Å². The lowest BCUT2D eigenvalue weighted by Gasteiger charge is -2.10. The Labute approximate surface area is 95.9 Å². The Kier molecular flexibility index (Phi) is 4.09. The Morgan fingerprint density at radius 3 is 2.47 bits per heavy atom. The Morgan fingerprint density at radius 1 is 1.35 bits per heavy atom. The van der Waals surface area contributed by atoms with Gasteiger partial charge in [-0.15, -0.1) is 0 Å². The van der Waals surface area contributed by atoms with Gasteiger partial charge >= 0.3 is 6.18 Å². The highest BCUT2D eigenvalue weighted by atomic mass is 19.4. The van der Waals surface area contributed by atoms with Crippen molar-refractivity contribution in [3.63, 3.8) is 0 Å². The fourth-order valence-corrected chi connectivity index (χ4v) is 1.34. The lowest BCUT2D eigenvalue weighted by Crippen LogP contribution is -2.09. The van der Waals surface area contributed by atoms with Crippen LogP contribution in [0.25, 0.3) is 0 Å². The quantitative estimate of drug-likeness (QED) is 0.455. The first-order valence-electron chi connectivity index (χ1n) is 4.87. The third-order valence-corrected chi connectivity index (χ3v) is 2.14. The summed E-state index contributed by atoms with van der Waals surface area (Å²) in [6.07, 6.45) is -4.24. The SMILES string of the molecule is CCC(=NOC)c1cc(C(F)(F)F)ccc1F. The molecule has 0 N–H and O–H groups in total. The van der Waals surface area contributed by atoms with E-state index >= 15 is 0 Å². The molecule has 17 heavy (non-hydrogen) atoms. The van der Waals surface area contributed by atoms with Gasteiger partial charge in [0, 0.05) is 5.56 Å². The molecule has 1 rings (SSSR count). The molecule has 0 aliphatic heterocycles. The molecule has 0 bridgehead atoms. The summed E-state index contributed by atoms with van der Waals surface area (Å²) in [6.45, 7) is 1.65. The van der Waals surface area contributed by atoms with E-state index in [0.29, 0.717) is 6.07 Å². The molecule has 1 aromatic rings. The lowest BCUT2D eigenvalue weighted by atomic mass is 10.0. The van der Waals surface area contributed by atoms with Gasteiger partial charge in [-0.3, -0.25) is 0 Å². The Bertz CT molecular complexity index is 426. The summed E-state index contributed by atoms with van der Waals surface area (Å²) in [7, 11) is 1.25. The standard InChI is InChI=1S/C11H11F4NO/c1-3-10(16-17-2)8-6-7(11(13,14)15)4-5-9(8)12/h4-6H,3H2,1-2H3. The van der Waals surface area contributed by atoms with E-state index in [4.69, 9.17) is 0 Å². The lowest BCUT2D eigenvalue weighted by molar-refractivity contribution is -0.137. The zero-order valence-corrected chi connectivity index (χ0v) is 9.31.